The van der Waals surface area contributed by atoms with Gasteiger partial charge in [-0.2, -0.15) is 0 Å². The van der Waals surface area contributed by atoms with Crippen molar-refractivity contribution in [2.24, 2.45) is 0 Å². The summed E-state index contributed by atoms with van der Waals surface area (Å²) in [5.41, 5.74) is 3.25. The summed E-state index contributed by atoms with van der Waals surface area (Å²) in [6, 6.07) is 4.15. The molecule has 110 valence electrons. The molecule has 5 heteroatoms. The van der Waals surface area contributed by atoms with Crippen LogP contribution in [0.5, 0.6) is 0 Å². The minimum absolute atomic E-state index is 0.352. The van der Waals surface area contributed by atoms with E-state index >= 15 is 0 Å². The number of fused-ring (bicyclic) bond motifs is 1. The molecule has 0 amide bonds. The summed E-state index contributed by atoms with van der Waals surface area (Å²) in [6.45, 7) is 10.4. The summed E-state index contributed by atoms with van der Waals surface area (Å²) >= 11 is 0. The third-order valence-electron chi connectivity index (χ3n) is 4.63. The quantitative estimate of drug-likeness (QED) is 0.795. The first-order chi connectivity index (χ1) is 9.86. The predicted octanol–water partition coefficient (Wildman–Crippen LogP) is 2.49. The average Bonchev–Trinajstić information content (AvgIpc) is 2.66. The number of hydrogen-bond acceptors (Lipinski definition) is 4. The van der Waals surface area contributed by atoms with Gasteiger partial charge in [-0.25, -0.2) is 0 Å². The fraction of sp³-hybridized carbons (Fsp3) is 0.500. The van der Waals surface area contributed by atoms with Gasteiger partial charge < -0.3 is 9.31 Å². The highest BCUT2D eigenvalue weighted by molar-refractivity contribution is 6.64. The van der Waals surface area contributed by atoms with E-state index in [1.54, 1.807) is 12.4 Å². The lowest BCUT2D eigenvalue weighted by Crippen LogP contribution is -2.41. The zero-order valence-corrected chi connectivity index (χ0v) is 13.3. The third kappa shape index (κ3) is 2.25. The largest absolute Gasteiger partial charge is 0.497 e. The Morgan fingerprint density at radius 1 is 0.952 bits per heavy atom. The van der Waals surface area contributed by atoms with Crippen LogP contribution in [-0.4, -0.2) is 28.3 Å². The van der Waals surface area contributed by atoms with Gasteiger partial charge in [-0.3, -0.25) is 9.97 Å². The highest BCUT2D eigenvalue weighted by Crippen LogP contribution is 2.36. The molecule has 1 saturated heterocycles. The molecule has 3 rings (SSSR count). The van der Waals surface area contributed by atoms with Crippen molar-refractivity contribution in [2.75, 3.05) is 0 Å². The third-order valence-corrected chi connectivity index (χ3v) is 4.63. The Morgan fingerprint density at radius 3 is 2.10 bits per heavy atom. The second kappa shape index (κ2) is 4.78. The summed E-state index contributed by atoms with van der Waals surface area (Å²) in [6.07, 6.45) is 4.38. The first-order valence-corrected chi connectivity index (χ1v) is 7.44. The lowest BCUT2D eigenvalue weighted by Gasteiger charge is -2.32. The van der Waals surface area contributed by atoms with Crippen LogP contribution in [0.15, 0.2) is 24.5 Å². The Kier molecular flexibility index (Phi) is 3.30. The van der Waals surface area contributed by atoms with Gasteiger partial charge in [-0.05, 0) is 39.7 Å². The van der Waals surface area contributed by atoms with E-state index in [1.807, 2.05) is 0 Å². The second-order valence-corrected chi connectivity index (χ2v) is 6.51. The van der Waals surface area contributed by atoms with Crippen molar-refractivity contribution in [3.8, 4) is 0 Å². The summed E-state index contributed by atoms with van der Waals surface area (Å²) in [4.78, 5) is 8.99. The predicted molar refractivity (Wildman–Crippen MR) is 84.6 cm³/mol. The first kappa shape index (κ1) is 14.5. The number of nitrogens with zero attached hydrogens (tertiary/aromatic N) is 2. The lowest BCUT2D eigenvalue weighted by molar-refractivity contribution is 0.00578. The zero-order valence-electron chi connectivity index (χ0n) is 13.3. The van der Waals surface area contributed by atoms with E-state index in [4.69, 9.17) is 9.31 Å². The van der Waals surface area contributed by atoms with E-state index in [2.05, 4.69) is 56.7 Å². The molecule has 0 atom stereocenters. The minimum Gasteiger partial charge on any atom is -0.399 e. The van der Waals surface area contributed by atoms with E-state index in [1.165, 1.54) is 5.56 Å². The van der Waals surface area contributed by atoms with Crippen LogP contribution in [0.3, 0.4) is 0 Å². The molecule has 1 aliphatic rings. The molecule has 21 heavy (non-hydrogen) atoms. The van der Waals surface area contributed by atoms with Crippen molar-refractivity contribution in [1.29, 1.82) is 0 Å². The normalized spacial score (nSPS) is 20.1. The van der Waals surface area contributed by atoms with Crippen molar-refractivity contribution >= 4 is 23.6 Å². The molecule has 1 aromatic carbocycles. The Balaban J connectivity index is 2.11. The maximum absolute atomic E-state index is 6.14. The second-order valence-electron chi connectivity index (χ2n) is 6.51. The van der Waals surface area contributed by atoms with Crippen molar-refractivity contribution in [3.05, 3.63) is 30.1 Å². The number of hydrogen-bond donors (Lipinski definition) is 0. The molecule has 4 nitrogen and oxygen atoms in total. The number of aromatic nitrogens is 2. The van der Waals surface area contributed by atoms with Crippen LogP contribution in [0.4, 0.5) is 0 Å². The summed E-state index contributed by atoms with van der Waals surface area (Å²) in [5.74, 6) is 0. The molecule has 0 unspecified atom stereocenters. The van der Waals surface area contributed by atoms with Crippen molar-refractivity contribution in [2.45, 2.75) is 52.2 Å². The molecule has 2 heterocycles. The lowest BCUT2D eigenvalue weighted by atomic mass is 9.77. The van der Waals surface area contributed by atoms with Gasteiger partial charge >= 0.3 is 7.12 Å². The minimum atomic E-state index is -0.403. The Bertz CT molecular complexity index is 669. The molecule has 0 spiro atoms. The molecule has 0 aliphatic carbocycles. The fourth-order valence-electron chi connectivity index (χ4n) is 2.58. The smallest absolute Gasteiger partial charge is 0.399 e. The maximum atomic E-state index is 6.14. The summed E-state index contributed by atoms with van der Waals surface area (Å²) in [5, 5.41) is 0. The number of aryl methyl sites for hydroxylation is 1. The van der Waals surface area contributed by atoms with E-state index in [0.29, 0.717) is 0 Å². The van der Waals surface area contributed by atoms with Gasteiger partial charge in [0.2, 0.25) is 0 Å². The SMILES string of the molecule is CCc1ccc(B2OC(C)(C)C(C)(C)O2)c2nccnc12. The fourth-order valence-corrected chi connectivity index (χ4v) is 2.58. The standard InChI is InChI=1S/C16H21BN2O2/c1-6-11-7-8-12(14-13(11)18-9-10-19-14)17-20-15(2,3)16(4,5)21-17/h7-10H,6H2,1-5H3. The highest BCUT2D eigenvalue weighted by Gasteiger charge is 2.52. The molecule has 0 saturated carbocycles. The average molecular weight is 284 g/mol. The van der Waals surface area contributed by atoms with Crippen LogP contribution < -0.4 is 5.46 Å². The van der Waals surface area contributed by atoms with E-state index in [-0.39, 0.29) is 11.2 Å². The van der Waals surface area contributed by atoms with Gasteiger partial charge in [0.1, 0.15) is 0 Å². The molecule has 1 aliphatic heterocycles. The van der Waals surface area contributed by atoms with Crippen LogP contribution in [-0.2, 0) is 15.7 Å². The van der Waals surface area contributed by atoms with Gasteiger partial charge in [0.25, 0.3) is 0 Å². The Labute approximate surface area is 126 Å². The van der Waals surface area contributed by atoms with E-state index in [9.17, 15) is 0 Å². The van der Waals surface area contributed by atoms with Crippen LogP contribution >= 0.6 is 0 Å². The molecule has 2 aromatic rings. The first-order valence-electron chi connectivity index (χ1n) is 7.44. The number of rotatable bonds is 2. The Hall–Kier alpha value is -1.46. The summed E-state index contributed by atoms with van der Waals surface area (Å²) < 4.78 is 12.3. The molecular formula is C16H21BN2O2. The van der Waals surface area contributed by atoms with Crippen LogP contribution in [0.1, 0.15) is 40.2 Å². The highest BCUT2D eigenvalue weighted by atomic mass is 16.7. The molecule has 1 fully saturated rings. The van der Waals surface area contributed by atoms with Gasteiger partial charge in [-0.15, -0.1) is 0 Å². The van der Waals surface area contributed by atoms with Gasteiger partial charge in [0.15, 0.2) is 0 Å². The van der Waals surface area contributed by atoms with Gasteiger partial charge in [0, 0.05) is 17.9 Å². The molecular weight excluding hydrogens is 263 g/mol. The van der Waals surface area contributed by atoms with Gasteiger partial charge in [-0.1, -0.05) is 19.1 Å². The Morgan fingerprint density at radius 2 is 1.52 bits per heavy atom. The molecule has 0 N–H and O–H groups in total. The monoisotopic (exact) mass is 284 g/mol. The van der Waals surface area contributed by atoms with E-state index in [0.717, 1.165) is 22.9 Å². The molecule has 0 bridgehead atoms. The van der Waals surface area contributed by atoms with Crippen molar-refractivity contribution < 1.29 is 9.31 Å². The van der Waals surface area contributed by atoms with Crippen LogP contribution in [0, 0.1) is 0 Å². The number of benzene rings is 1. The van der Waals surface area contributed by atoms with Crippen molar-refractivity contribution in [3.63, 3.8) is 0 Å². The molecule has 1 aromatic heterocycles. The van der Waals surface area contributed by atoms with Crippen LogP contribution in [0.2, 0.25) is 0 Å². The maximum Gasteiger partial charge on any atom is 0.497 e. The van der Waals surface area contributed by atoms with Gasteiger partial charge in [0.05, 0.1) is 22.2 Å². The topological polar surface area (TPSA) is 44.2 Å². The van der Waals surface area contributed by atoms with Crippen LogP contribution in [0.25, 0.3) is 11.0 Å². The zero-order chi connectivity index (χ0) is 15.3. The molecule has 0 radical (unpaired) electrons. The summed E-state index contributed by atoms with van der Waals surface area (Å²) in [7, 11) is -0.403. The van der Waals surface area contributed by atoms with E-state index < -0.39 is 7.12 Å². The van der Waals surface area contributed by atoms with Crippen molar-refractivity contribution in [1.82, 2.24) is 9.97 Å².